The number of nitrogens with one attached hydrogen (secondary N) is 1. The van der Waals surface area contributed by atoms with Crippen LogP contribution in [0.1, 0.15) is 52.4 Å². The van der Waals surface area contributed by atoms with Crippen LogP contribution in [-0.4, -0.2) is 54.6 Å². The van der Waals surface area contributed by atoms with Gasteiger partial charge in [0.2, 0.25) is 5.91 Å². The molecule has 1 fully saturated rings. The number of halogens is 4. The summed E-state index contributed by atoms with van der Waals surface area (Å²) in [5.74, 6) is -3.11. The van der Waals surface area contributed by atoms with Gasteiger partial charge in [0.15, 0.2) is 0 Å². The van der Waals surface area contributed by atoms with Crippen molar-refractivity contribution >= 4 is 11.8 Å². The van der Waals surface area contributed by atoms with Crippen LogP contribution in [0, 0.1) is 18.2 Å². The summed E-state index contributed by atoms with van der Waals surface area (Å²) in [4.78, 5) is 30.0. The highest BCUT2D eigenvalue weighted by Gasteiger charge is 2.67. The molecule has 35 heavy (non-hydrogen) atoms. The van der Waals surface area contributed by atoms with Crippen molar-refractivity contribution in [2.75, 3.05) is 20.6 Å². The molecule has 2 atom stereocenters. The zero-order chi connectivity index (χ0) is 26.0. The van der Waals surface area contributed by atoms with Gasteiger partial charge in [-0.3, -0.25) is 14.6 Å². The zero-order valence-electron chi connectivity index (χ0n) is 20.0. The number of benzene rings is 1. The Balaban J connectivity index is 1.70. The number of nitrogens with zero attached hydrogens (tertiary/aromatic N) is 2. The van der Waals surface area contributed by atoms with E-state index in [1.165, 1.54) is 18.3 Å². The van der Waals surface area contributed by atoms with Crippen LogP contribution in [0.15, 0.2) is 36.5 Å². The molecule has 1 aromatic heterocycles. The van der Waals surface area contributed by atoms with Crippen molar-refractivity contribution in [2.24, 2.45) is 11.1 Å². The van der Waals surface area contributed by atoms with Crippen LogP contribution < -0.4 is 11.1 Å². The first-order valence-electron chi connectivity index (χ1n) is 11.3. The summed E-state index contributed by atoms with van der Waals surface area (Å²) in [7, 11) is 3.57. The summed E-state index contributed by atoms with van der Waals surface area (Å²) < 4.78 is 55.9. The summed E-state index contributed by atoms with van der Waals surface area (Å²) >= 11 is 0. The van der Waals surface area contributed by atoms with E-state index < -0.39 is 35.1 Å². The predicted molar refractivity (Wildman–Crippen MR) is 123 cm³/mol. The molecule has 0 saturated heterocycles. The lowest BCUT2D eigenvalue weighted by atomic mass is 9.80. The molecule has 1 aromatic carbocycles. The van der Waals surface area contributed by atoms with Crippen LogP contribution in [0.25, 0.3) is 0 Å². The van der Waals surface area contributed by atoms with E-state index in [1.807, 2.05) is 4.90 Å². The maximum atomic E-state index is 14.1. The molecule has 0 spiro atoms. The molecule has 1 aliphatic rings. The lowest BCUT2D eigenvalue weighted by Crippen LogP contribution is -2.42. The third-order valence-corrected chi connectivity index (χ3v) is 6.78. The number of aromatic nitrogens is 1. The van der Waals surface area contributed by atoms with Gasteiger partial charge in [-0.05, 0) is 69.6 Å². The van der Waals surface area contributed by atoms with Crippen molar-refractivity contribution < 1.29 is 27.2 Å². The average Bonchev–Trinajstić information content (AvgIpc) is 3.57. The summed E-state index contributed by atoms with van der Waals surface area (Å²) in [6.07, 6.45) is -3.00. The number of aryl methyl sites for hydroxylation is 1. The Bertz CT molecular complexity index is 1070. The minimum atomic E-state index is -4.42. The fourth-order valence-electron chi connectivity index (χ4n) is 4.37. The minimum absolute atomic E-state index is 0.0183. The number of hydrogen-bond acceptors (Lipinski definition) is 4. The number of pyridine rings is 1. The average molecular weight is 495 g/mol. The maximum absolute atomic E-state index is 14.1. The molecule has 3 rings (SSSR count). The molecular formula is C25H30F4N4O2. The fourth-order valence-corrected chi connectivity index (χ4v) is 4.37. The van der Waals surface area contributed by atoms with E-state index in [-0.39, 0.29) is 37.4 Å². The van der Waals surface area contributed by atoms with E-state index >= 15 is 0 Å². The molecule has 2 unspecified atom stereocenters. The van der Waals surface area contributed by atoms with Crippen LogP contribution in [0.5, 0.6) is 0 Å². The summed E-state index contributed by atoms with van der Waals surface area (Å²) in [6, 6.07) is 7.12. The van der Waals surface area contributed by atoms with E-state index in [2.05, 4.69) is 10.3 Å². The van der Waals surface area contributed by atoms with Gasteiger partial charge in [-0.1, -0.05) is 12.1 Å². The van der Waals surface area contributed by atoms with Crippen LogP contribution in [0.2, 0.25) is 0 Å². The normalized spacial score (nSPS) is 16.6. The topological polar surface area (TPSA) is 88.3 Å². The van der Waals surface area contributed by atoms with Gasteiger partial charge in [0.1, 0.15) is 5.82 Å². The van der Waals surface area contributed by atoms with Gasteiger partial charge in [-0.25, -0.2) is 4.39 Å². The Labute approximate surface area is 201 Å². The maximum Gasteiger partial charge on any atom is 0.395 e. The van der Waals surface area contributed by atoms with E-state index in [1.54, 1.807) is 39.2 Å². The highest BCUT2D eigenvalue weighted by Crippen LogP contribution is 2.66. The smallest absolute Gasteiger partial charge is 0.366 e. The molecule has 1 heterocycles. The lowest BCUT2D eigenvalue weighted by Gasteiger charge is -2.30. The zero-order valence-corrected chi connectivity index (χ0v) is 20.0. The van der Waals surface area contributed by atoms with Gasteiger partial charge >= 0.3 is 6.18 Å². The van der Waals surface area contributed by atoms with Crippen molar-refractivity contribution in [3.05, 3.63) is 64.7 Å². The van der Waals surface area contributed by atoms with Gasteiger partial charge < -0.3 is 16.0 Å². The highest BCUT2D eigenvalue weighted by atomic mass is 19.4. The SMILES string of the molecule is Cc1ccc(C(CC(=O)NCC(Cc2ccc(C(N)=O)c(F)c2)N(C)C)C2(C(F)(F)F)CC2)cn1. The van der Waals surface area contributed by atoms with Crippen LogP contribution in [0.4, 0.5) is 17.6 Å². The summed E-state index contributed by atoms with van der Waals surface area (Å²) in [6.45, 7) is 1.90. The van der Waals surface area contributed by atoms with Crippen molar-refractivity contribution in [1.29, 1.82) is 0 Å². The molecule has 0 aliphatic heterocycles. The molecule has 0 bridgehead atoms. The molecule has 1 aliphatic carbocycles. The Morgan fingerprint density at radius 3 is 2.37 bits per heavy atom. The van der Waals surface area contributed by atoms with Crippen LogP contribution in [-0.2, 0) is 11.2 Å². The number of carbonyl (C=O) groups excluding carboxylic acids is 2. The summed E-state index contributed by atoms with van der Waals surface area (Å²) in [5, 5.41) is 2.76. The molecule has 0 radical (unpaired) electrons. The van der Waals surface area contributed by atoms with Gasteiger partial charge in [-0.2, -0.15) is 13.2 Å². The first-order chi connectivity index (χ1) is 16.3. The monoisotopic (exact) mass is 494 g/mol. The number of alkyl halides is 3. The Hall–Kier alpha value is -3.01. The number of nitrogens with two attached hydrogens (primary N) is 1. The van der Waals surface area contributed by atoms with Crippen LogP contribution >= 0.6 is 0 Å². The standard InChI is InChI=1S/C25H30F4N4O2/c1-15-4-6-17(13-31-15)20(24(8-9-24)25(27,28)29)12-22(34)32-14-18(33(2)3)10-16-5-7-19(23(30)35)21(26)11-16/h4-7,11,13,18,20H,8-10,12,14H2,1-3H3,(H2,30,35)(H,32,34). The first kappa shape index (κ1) is 26.6. The minimum Gasteiger partial charge on any atom is -0.366 e. The molecular weight excluding hydrogens is 464 g/mol. The number of carbonyl (C=O) groups is 2. The molecule has 6 nitrogen and oxygen atoms in total. The van der Waals surface area contributed by atoms with Crippen molar-refractivity contribution in [3.63, 3.8) is 0 Å². The third-order valence-electron chi connectivity index (χ3n) is 6.78. The van der Waals surface area contributed by atoms with Gasteiger partial charge in [0, 0.05) is 36.8 Å². The Kier molecular flexibility index (Phi) is 7.83. The first-order valence-corrected chi connectivity index (χ1v) is 11.3. The van der Waals surface area contributed by atoms with Gasteiger partial charge in [-0.15, -0.1) is 0 Å². The number of likely N-dealkylation sites (N-methyl/N-ethyl adjacent to an activating group) is 1. The highest BCUT2D eigenvalue weighted by molar-refractivity contribution is 5.93. The second kappa shape index (κ2) is 10.3. The summed E-state index contributed by atoms with van der Waals surface area (Å²) in [5.41, 5.74) is 4.69. The predicted octanol–water partition coefficient (Wildman–Crippen LogP) is 3.73. The van der Waals surface area contributed by atoms with E-state index in [0.717, 1.165) is 0 Å². The second-order valence-corrected chi connectivity index (χ2v) is 9.45. The fraction of sp³-hybridized carbons (Fsp3) is 0.480. The van der Waals surface area contributed by atoms with E-state index in [9.17, 15) is 27.2 Å². The number of rotatable bonds is 10. The molecule has 190 valence electrons. The van der Waals surface area contributed by atoms with Crippen molar-refractivity contribution in [3.8, 4) is 0 Å². The molecule has 10 heteroatoms. The van der Waals surface area contributed by atoms with Gasteiger partial charge in [0.05, 0.1) is 11.0 Å². The largest absolute Gasteiger partial charge is 0.395 e. The van der Waals surface area contributed by atoms with E-state index in [4.69, 9.17) is 5.73 Å². The molecule has 3 N–H and O–H groups in total. The van der Waals surface area contributed by atoms with Gasteiger partial charge in [0.25, 0.3) is 5.91 Å². The molecule has 2 aromatic rings. The Morgan fingerprint density at radius 1 is 1.20 bits per heavy atom. The molecule has 2 amide bonds. The van der Waals surface area contributed by atoms with Crippen molar-refractivity contribution in [2.45, 2.75) is 50.7 Å². The van der Waals surface area contributed by atoms with Crippen LogP contribution in [0.3, 0.4) is 0 Å². The van der Waals surface area contributed by atoms with Crippen molar-refractivity contribution in [1.82, 2.24) is 15.2 Å². The molecule has 1 saturated carbocycles. The van der Waals surface area contributed by atoms with E-state index in [0.29, 0.717) is 23.2 Å². The second-order valence-electron chi connectivity index (χ2n) is 9.45. The Morgan fingerprint density at radius 2 is 1.89 bits per heavy atom. The number of primary amides is 1. The quantitative estimate of drug-likeness (QED) is 0.493. The lowest BCUT2D eigenvalue weighted by molar-refractivity contribution is -0.194. The number of amides is 2. The third kappa shape index (κ3) is 6.17. The number of hydrogen-bond donors (Lipinski definition) is 2.